The minimum atomic E-state index is -1.10. The Hall–Kier alpha value is -2.52. The van der Waals surface area contributed by atoms with E-state index >= 15 is 0 Å². The fourth-order valence-electron chi connectivity index (χ4n) is 2.48. The average Bonchev–Trinajstić information content (AvgIpc) is 2.77. The first-order chi connectivity index (χ1) is 15.7. The summed E-state index contributed by atoms with van der Waals surface area (Å²) >= 11 is 0. The summed E-state index contributed by atoms with van der Waals surface area (Å²) in [4.78, 5) is 48.4. The number of carbonyl (C=O) groups excluding carboxylic acids is 4. The van der Waals surface area contributed by atoms with Crippen molar-refractivity contribution in [3.63, 3.8) is 0 Å². The molecule has 0 rings (SSSR count). The van der Waals surface area contributed by atoms with Crippen molar-refractivity contribution in [2.75, 3.05) is 19.8 Å². The highest BCUT2D eigenvalue weighted by Crippen LogP contribution is 2.22. The van der Waals surface area contributed by atoms with E-state index in [0.717, 1.165) is 0 Å². The highest BCUT2D eigenvalue weighted by atomic mass is 16.6. The zero-order valence-corrected chi connectivity index (χ0v) is 21.4. The zero-order chi connectivity index (χ0) is 26.5. The second-order valence-corrected chi connectivity index (χ2v) is 8.83. The Morgan fingerprint density at radius 3 is 1.79 bits per heavy atom. The summed E-state index contributed by atoms with van der Waals surface area (Å²) in [7, 11) is 0. The quantitative estimate of drug-likeness (QED) is 0.188. The predicted octanol–water partition coefficient (Wildman–Crippen LogP) is 3.22. The number of hydrogen-bond donors (Lipinski definition) is 1. The third kappa shape index (κ3) is 12.1. The summed E-state index contributed by atoms with van der Waals surface area (Å²) in [6, 6.07) is 0. The lowest BCUT2D eigenvalue weighted by molar-refractivity contribution is -0.165. The summed E-state index contributed by atoms with van der Waals surface area (Å²) in [5, 5.41) is 10.1. The molecule has 9 nitrogen and oxygen atoms in total. The zero-order valence-electron chi connectivity index (χ0n) is 21.4. The molecular weight excluding hydrogens is 444 g/mol. The molecule has 0 amide bonds. The Morgan fingerprint density at radius 1 is 0.882 bits per heavy atom. The molecule has 0 heterocycles. The molecule has 2 atom stereocenters. The van der Waals surface area contributed by atoms with Crippen molar-refractivity contribution in [2.24, 2.45) is 0 Å². The number of rotatable bonds is 17. The number of ether oxygens (including phenoxy) is 4. The molecule has 9 heteroatoms. The molecule has 0 saturated carbocycles. The summed E-state index contributed by atoms with van der Waals surface area (Å²) in [6.45, 7) is 16.4. The van der Waals surface area contributed by atoms with Gasteiger partial charge in [-0.1, -0.05) is 27.0 Å². The molecule has 0 aliphatic carbocycles. The van der Waals surface area contributed by atoms with E-state index in [2.05, 4.69) is 13.2 Å². The van der Waals surface area contributed by atoms with Crippen LogP contribution in [0.2, 0.25) is 0 Å². The van der Waals surface area contributed by atoms with E-state index in [4.69, 9.17) is 18.9 Å². The number of esters is 3. The maximum absolute atomic E-state index is 12.7. The Kier molecular flexibility index (Phi) is 13.6. The van der Waals surface area contributed by atoms with Crippen molar-refractivity contribution in [1.29, 1.82) is 0 Å². The van der Waals surface area contributed by atoms with E-state index in [9.17, 15) is 24.3 Å². The molecule has 0 radical (unpaired) electrons. The Morgan fingerprint density at radius 2 is 1.38 bits per heavy atom. The molecule has 0 aliphatic rings. The molecule has 34 heavy (non-hydrogen) atoms. The van der Waals surface area contributed by atoms with Gasteiger partial charge < -0.3 is 24.1 Å². The first-order valence-corrected chi connectivity index (χ1v) is 11.4. The predicted molar refractivity (Wildman–Crippen MR) is 126 cm³/mol. The topological polar surface area (TPSA) is 125 Å². The van der Waals surface area contributed by atoms with Crippen LogP contribution in [0.5, 0.6) is 0 Å². The molecule has 0 aromatic rings. The monoisotopic (exact) mass is 484 g/mol. The SMILES string of the molecule is C=C(C)C(=O)OCC(COC(=O)C(=C)C)OC(=O)CCC(=O)C(C)(CC)OCCC(C)(O)CC. The fourth-order valence-corrected chi connectivity index (χ4v) is 2.48. The van der Waals surface area contributed by atoms with Gasteiger partial charge in [-0.25, -0.2) is 9.59 Å². The average molecular weight is 485 g/mol. The largest absolute Gasteiger partial charge is 0.458 e. The lowest BCUT2D eigenvalue weighted by Gasteiger charge is -2.29. The van der Waals surface area contributed by atoms with Gasteiger partial charge in [-0.05, 0) is 47.0 Å². The van der Waals surface area contributed by atoms with Crippen LogP contribution in [0.25, 0.3) is 0 Å². The molecule has 0 aromatic heterocycles. The summed E-state index contributed by atoms with van der Waals surface area (Å²) in [5.74, 6) is -2.36. The highest BCUT2D eigenvalue weighted by Gasteiger charge is 2.33. The maximum Gasteiger partial charge on any atom is 0.333 e. The molecule has 0 spiro atoms. The lowest BCUT2D eigenvalue weighted by atomic mass is 9.93. The van der Waals surface area contributed by atoms with Gasteiger partial charge in [-0.3, -0.25) is 9.59 Å². The number of carbonyl (C=O) groups is 4. The van der Waals surface area contributed by atoms with Gasteiger partial charge in [0.05, 0.1) is 18.6 Å². The Labute approximate surface area is 202 Å². The van der Waals surface area contributed by atoms with Gasteiger partial charge in [0.15, 0.2) is 11.9 Å². The van der Waals surface area contributed by atoms with Gasteiger partial charge in [-0.15, -0.1) is 0 Å². The molecule has 0 aromatic carbocycles. The second kappa shape index (κ2) is 14.7. The minimum Gasteiger partial charge on any atom is -0.458 e. The van der Waals surface area contributed by atoms with Crippen molar-refractivity contribution in [3.8, 4) is 0 Å². The Bertz CT molecular complexity index is 723. The van der Waals surface area contributed by atoms with Crippen LogP contribution in [0, 0.1) is 0 Å². The van der Waals surface area contributed by atoms with Crippen LogP contribution >= 0.6 is 0 Å². The van der Waals surface area contributed by atoms with Crippen LogP contribution in [0.4, 0.5) is 0 Å². The molecular formula is C25H40O9. The standard InChI is InChI=1S/C25H40O9/c1-9-24(7,30)13-14-33-25(8,10-2)20(26)11-12-21(27)34-19(15-31-22(28)17(3)4)16-32-23(29)18(5)6/h19,30H,3,5,9-16H2,1-2,4,6-8H3. The lowest BCUT2D eigenvalue weighted by Crippen LogP contribution is -2.40. The minimum absolute atomic E-state index is 0.128. The molecule has 194 valence electrons. The molecule has 0 bridgehead atoms. The maximum atomic E-state index is 12.7. The number of aliphatic hydroxyl groups is 1. The third-order valence-corrected chi connectivity index (χ3v) is 5.44. The molecule has 0 saturated heterocycles. The first kappa shape index (κ1) is 31.5. The van der Waals surface area contributed by atoms with Crippen molar-refractivity contribution < 1.29 is 43.2 Å². The van der Waals surface area contributed by atoms with Gasteiger partial charge in [-0.2, -0.15) is 0 Å². The second-order valence-electron chi connectivity index (χ2n) is 8.83. The van der Waals surface area contributed by atoms with E-state index in [1.807, 2.05) is 6.92 Å². The summed E-state index contributed by atoms with van der Waals surface area (Å²) < 4.78 is 21.0. The van der Waals surface area contributed by atoms with Crippen molar-refractivity contribution >= 4 is 23.7 Å². The van der Waals surface area contributed by atoms with E-state index in [-0.39, 0.29) is 49.6 Å². The molecule has 0 fully saturated rings. The summed E-state index contributed by atoms with van der Waals surface area (Å²) in [5.41, 5.74) is -1.65. The van der Waals surface area contributed by atoms with Crippen LogP contribution in [-0.2, 0) is 38.1 Å². The fraction of sp³-hybridized carbons (Fsp3) is 0.680. The van der Waals surface area contributed by atoms with Crippen LogP contribution in [-0.4, -0.2) is 65.9 Å². The smallest absolute Gasteiger partial charge is 0.333 e. The number of ketones is 1. The van der Waals surface area contributed by atoms with Gasteiger partial charge in [0, 0.05) is 17.6 Å². The van der Waals surface area contributed by atoms with Crippen molar-refractivity contribution in [2.45, 2.75) is 91.0 Å². The molecule has 2 unspecified atom stereocenters. The summed E-state index contributed by atoms with van der Waals surface area (Å²) in [6.07, 6.45) is -0.0861. The Balaban J connectivity index is 4.92. The van der Waals surface area contributed by atoms with E-state index in [1.165, 1.54) is 13.8 Å². The number of hydrogen-bond acceptors (Lipinski definition) is 9. The van der Waals surface area contributed by atoms with Crippen molar-refractivity contribution in [3.05, 3.63) is 24.3 Å². The van der Waals surface area contributed by atoms with Crippen LogP contribution < -0.4 is 0 Å². The van der Waals surface area contributed by atoms with Crippen LogP contribution in [0.3, 0.4) is 0 Å². The van der Waals surface area contributed by atoms with Gasteiger partial charge >= 0.3 is 17.9 Å². The highest BCUT2D eigenvalue weighted by molar-refractivity contribution is 5.89. The van der Waals surface area contributed by atoms with Crippen LogP contribution in [0.1, 0.15) is 73.6 Å². The van der Waals surface area contributed by atoms with E-state index in [0.29, 0.717) is 19.3 Å². The molecule has 1 N–H and O–H groups in total. The van der Waals surface area contributed by atoms with Crippen LogP contribution in [0.15, 0.2) is 24.3 Å². The normalized spacial score (nSPS) is 14.5. The van der Waals surface area contributed by atoms with E-state index < -0.39 is 35.2 Å². The molecule has 0 aliphatic heterocycles. The number of Topliss-reactive ketones (excluding diaryl/α,β-unsaturated/α-hetero) is 1. The van der Waals surface area contributed by atoms with E-state index in [1.54, 1.807) is 20.8 Å². The van der Waals surface area contributed by atoms with Crippen molar-refractivity contribution in [1.82, 2.24) is 0 Å². The third-order valence-electron chi connectivity index (χ3n) is 5.44. The van der Waals surface area contributed by atoms with Gasteiger partial charge in [0.25, 0.3) is 0 Å². The first-order valence-electron chi connectivity index (χ1n) is 11.4. The van der Waals surface area contributed by atoms with Gasteiger partial charge in [0.1, 0.15) is 18.8 Å². The van der Waals surface area contributed by atoms with Gasteiger partial charge in [0.2, 0.25) is 0 Å².